The minimum Gasteiger partial charge on any atom is -0.345 e. The second-order valence-corrected chi connectivity index (χ2v) is 3.86. The van der Waals surface area contributed by atoms with Crippen molar-refractivity contribution in [3.63, 3.8) is 0 Å². The minimum atomic E-state index is -0.0232. The van der Waals surface area contributed by atoms with E-state index in [1.165, 1.54) is 0 Å². The Bertz CT molecular complexity index is 138. The van der Waals surface area contributed by atoms with E-state index in [2.05, 4.69) is 18.7 Å². The van der Waals surface area contributed by atoms with Crippen LogP contribution in [0.2, 0.25) is 0 Å². The molecule has 0 aliphatic carbocycles. The van der Waals surface area contributed by atoms with E-state index in [9.17, 15) is 0 Å². The molecule has 1 fully saturated rings. The molecule has 78 valence electrons. The zero-order chi connectivity index (χ0) is 9.84. The van der Waals surface area contributed by atoms with E-state index < -0.39 is 0 Å². The molecular formula is C10H21NO2. The van der Waals surface area contributed by atoms with E-state index >= 15 is 0 Å². The van der Waals surface area contributed by atoms with Crippen molar-refractivity contribution in [3.8, 4) is 0 Å². The molecule has 1 aliphatic rings. The SMILES string of the molecule is CCC1OC(CN(C)C)OC1CC. The van der Waals surface area contributed by atoms with Gasteiger partial charge in [0, 0.05) is 6.54 Å². The number of ether oxygens (including phenoxy) is 2. The highest BCUT2D eigenvalue weighted by Gasteiger charge is 2.33. The first-order valence-electron chi connectivity index (χ1n) is 5.13. The molecule has 0 spiro atoms. The maximum Gasteiger partial charge on any atom is 0.171 e. The van der Waals surface area contributed by atoms with Crippen molar-refractivity contribution in [2.75, 3.05) is 20.6 Å². The quantitative estimate of drug-likeness (QED) is 0.665. The summed E-state index contributed by atoms with van der Waals surface area (Å²) in [6.45, 7) is 5.15. The summed E-state index contributed by atoms with van der Waals surface area (Å²) in [7, 11) is 4.07. The van der Waals surface area contributed by atoms with Crippen molar-refractivity contribution >= 4 is 0 Å². The van der Waals surface area contributed by atoms with E-state index in [-0.39, 0.29) is 6.29 Å². The standard InChI is InChI=1S/C10H21NO2/c1-5-8-9(6-2)13-10(12-8)7-11(3)4/h8-10H,5-7H2,1-4H3. The van der Waals surface area contributed by atoms with E-state index in [1.54, 1.807) is 0 Å². The maximum absolute atomic E-state index is 5.76. The van der Waals surface area contributed by atoms with Crippen molar-refractivity contribution in [1.29, 1.82) is 0 Å². The van der Waals surface area contributed by atoms with Gasteiger partial charge in [-0.2, -0.15) is 0 Å². The highest BCUT2D eigenvalue weighted by atomic mass is 16.7. The Hall–Kier alpha value is -0.120. The van der Waals surface area contributed by atoms with Gasteiger partial charge >= 0.3 is 0 Å². The predicted molar refractivity (Wildman–Crippen MR) is 52.7 cm³/mol. The van der Waals surface area contributed by atoms with Crippen LogP contribution in [0.1, 0.15) is 26.7 Å². The normalized spacial score (nSPS) is 34.4. The fourth-order valence-corrected chi connectivity index (χ4v) is 1.70. The highest BCUT2D eigenvalue weighted by molar-refractivity contribution is 4.75. The lowest BCUT2D eigenvalue weighted by Crippen LogP contribution is -2.27. The summed E-state index contributed by atoms with van der Waals surface area (Å²) in [5.74, 6) is 0. The molecule has 1 rings (SSSR count). The molecule has 13 heavy (non-hydrogen) atoms. The van der Waals surface area contributed by atoms with Crippen molar-refractivity contribution in [3.05, 3.63) is 0 Å². The number of nitrogens with zero attached hydrogens (tertiary/aromatic N) is 1. The summed E-state index contributed by atoms with van der Waals surface area (Å²) >= 11 is 0. The summed E-state index contributed by atoms with van der Waals surface area (Å²) < 4.78 is 11.5. The minimum absolute atomic E-state index is 0.0232. The van der Waals surface area contributed by atoms with E-state index in [1.807, 2.05) is 14.1 Å². The molecule has 1 saturated heterocycles. The number of rotatable bonds is 4. The van der Waals surface area contributed by atoms with E-state index in [0.717, 1.165) is 19.4 Å². The average molecular weight is 187 g/mol. The Kier molecular flexibility index (Phi) is 4.16. The van der Waals surface area contributed by atoms with Crippen LogP contribution >= 0.6 is 0 Å². The van der Waals surface area contributed by atoms with Gasteiger partial charge in [-0.05, 0) is 26.9 Å². The Labute approximate surface area is 81.0 Å². The van der Waals surface area contributed by atoms with E-state index in [4.69, 9.17) is 9.47 Å². The molecule has 2 atom stereocenters. The maximum atomic E-state index is 5.76. The molecule has 1 heterocycles. The van der Waals surface area contributed by atoms with Gasteiger partial charge < -0.3 is 14.4 Å². The molecule has 0 amide bonds. The number of hydrogen-bond donors (Lipinski definition) is 0. The van der Waals surface area contributed by atoms with Gasteiger partial charge in [0.05, 0.1) is 12.2 Å². The summed E-state index contributed by atoms with van der Waals surface area (Å²) in [4.78, 5) is 2.09. The molecule has 0 bridgehead atoms. The van der Waals surface area contributed by atoms with Crippen LogP contribution in [-0.2, 0) is 9.47 Å². The van der Waals surface area contributed by atoms with Crippen LogP contribution in [0.4, 0.5) is 0 Å². The molecule has 0 saturated carbocycles. The monoisotopic (exact) mass is 187 g/mol. The number of hydrogen-bond acceptors (Lipinski definition) is 3. The molecule has 1 aliphatic heterocycles. The molecule has 0 aromatic carbocycles. The summed E-state index contributed by atoms with van der Waals surface area (Å²) in [6, 6.07) is 0. The van der Waals surface area contributed by atoms with Crippen LogP contribution in [0.25, 0.3) is 0 Å². The fraction of sp³-hybridized carbons (Fsp3) is 1.00. The van der Waals surface area contributed by atoms with Crippen LogP contribution in [0.5, 0.6) is 0 Å². The van der Waals surface area contributed by atoms with Crippen molar-refractivity contribution < 1.29 is 9.47 Å². The Morgan fingerprint density at radius 3 is 1.77 bits per heavy atom. The average Bonchev–Trinajstić information content (AvgIpc) is 2.45. The summed E-state index contributed by atoms with van der Waals surface area (Å²) in [5.41, 5.74) is 0. The fourth-order valence-electron chi connectivity index (χ4n) is 1.70. The van der Waals surface area contributed by atoms with Crippen LogP contribution in [-0.4, -0.2) is 44.0 Å². The van der Waals surface area contributed by atoms with Crippen molar-refractivity contribution in [2.24, 2.45) is 0 Å². The molecule has 0 radical (unpaired) electrons. The van der Waals surface area contributed by atoms with Gasteiger partial charge in [-0.1, -0.05) is 13.8 Å². The van der Waals surface area contributed by atoms with Gasteiger partial charge in [0.15, 0.2) is 6.29 Å². The molecular weight excluding hydrogens is 166 g/mol. The van der Waals surface area contributed by atoms with Gasteiger partial charge in [-0.15, -0.1) is 0 Å². The van der Waals surface area contributed by atoms with Crippen LogP contribution in [0.3, 0.4) is 0 Å². The second kappa shape index (κ2) is 4.94. The lowest BCUT2D eigenvalue weighted by atomic mass is 10.1. The van der Waals surface area contributed by atoms with Gasteiger partial charge in [-0.25, -0.2) is 0 Å². The van der Waals surface area contributed by atoms with Gasteiger partial charge in [0.1, 0.15) is 0 Å². The smallest absolute Gasteiger partial charge is 0.171 e. The van der Waals surface area contributed by atoms with Gasteiger partial charge in [0.25, 0.3) is 0 Å². The first kappa shape index (κ1) is 11.0. The van der Waals surface area contributed by atoms with Gasteiger partial charge in [-0.3, -0.25) is 0 Å². The number of likely N-dealkylation sites (N-methyl/N-ethyl adjacent to an activating group) is 1. The molecule has 0 aromatic heterocycles. The van der Waals surface area contributed by atoms with Gasteiger partial charge in [0.2, 0.25) is 0 Å². The van der Waals surface area contributed by atoms with Crippen LogP contribution in [0.15, 0.2) is 0 Å². The molecule has 3 nitrogen and oxygen atoms in total. The molecule has 2 unspecified atom stereocenters. The Morgan fingerprint density at radius 2 is 1.46 bits per heavy atom. The molecule has 0 N–H and O–H groups in total. The zero-order valence-corrected chi connectivity index (χ0v) is 9.12. The highest BCUT2D eigenvalue weighted by Crippen LogP contribution is 2.23. The lowest BCUT2D eigenvalue weighted by Gasteiger charge is -2.15. The molecule has 0 aromatic rings. The lowest BCUT2D eigenvalue weighted by molar-refractivity contribution is -0.0775. The van der Waals surface area contributed by atoms with Crippen molar-refractivity contribution in [2.45, 2.75) is 45.2 Å². The van der Waals surface area contributed by atoms with Crippen molar-refractivity contribution in [1.82, 2.24) is 4.90 Å². The topological polar surface area (TPSA) is 21.7 Å². The van der Waals surface area contributed by atoms with Crippen LogP contribution in [0, 0.1) is 0 Å². The third-order valence-electron chi connectivity index (χ3n) is 2.39. The largest absolute Gasteiger partial charge is 0.345 e. The van der Waals surface area contributed by atoms with E-state index in [0.29, 0.717) is 12.2 Å². The third kappa shape index (κ3) is 2.93. The first-order valence-corrected chi connectivity index (χ1v) is 5.13. The molecule has 3 heteroatoms. The predicted octanol–water partition coefficient (Wildman–Crippen LogP) is 1.48. The third-order valence-corrected chi connectivity index (χ3v) is 2.39. The second-order valence-electron chi connectivity index (χ2n) is 3.86. The summed E-state index contributed by atoms with van der Waals surface area (Å²) in [5, 5.41) is 0. The van der Waals surface area contributed by atoms with Crippen LogP contribution < -0.4 is 0 Å². The Balaban J connectivity index is 2.38. The first-order chi connectivity index (χ1) is 6.17. The Morgan fingerprint density at radius 1 is 1.00 bits per heavy atom. The zero-order valence-electron chi connectivity index (χ0n) is 9.12. The summed E-state index contributed by atoms with van der Waals surface area (Å²) in [6.07, 6.45) is 2.67.